The lowest BCUT2D eigenvalue weighted by Crippen LogP contribution is -2.40. The smallest absolute Gasteiger partial charge is 0.224 e. The van der Waals surface area contributed by atoms with Crippen LogP contribution in [0.15, 0.2) is 48.5 Å². The Balaban J connectivity index is 1.48. The molecule has 27 heavy (non-hydrogen) atoms. The van der Waals surface area contributed by atoms with E-state index in [1.165, 1.54) is 17.7 Å². The molecule has 5 nitrogen and oxygen atoms in total. The number of benzene rings is 2. The van der Waals surface area contributed by atoms with E-state index in [4.69, 9.17) is 4.74 Å². The Labute approximate surface area is 158 Å². The maximum absolute atomic E-state index is 13.4. The number of nitrogens with zero attached hydrogens (tertiary/aromatic N) is 1. The molecular formula is C21H25FN2O3. The Morgan fingerprint density at radius 3 is 2.81 bits per heavy atom. The van der Waals surface area contributed by atoms with Gasteiger partial charge in [-0.25, -0.2) is 4.39 Å². The summed E-state index contributed by atoms with van der Waals surface area (Å²) in [6, 6.07) is 14.3. The summed E-state index contributed by atoms with van der Waals surface area (Å²) >= 11 is 0. The number of carbonyl (C=O) groups excluding carboxylic acids is 1. The molecule has 0 spiro atoms. The van der Waals surface area contributed by atoms with Crippen LogP contribution in [0.3, 0.4) is 0 Å². The first-order valence-electron chi connectivity index (χ1n) is 9.22. The predicted molar refractivity (Wildman–Crippen MR) is 101 cm³/mol. The summed E-state index contributed by atoms with van der Waals surface area (Å²) in [5, 5.41) is 12.1. The third-order valence-corrected chi connectivity index (χ3v) is 4.59. The van der Waals surface area contributed by atoms with Crippen LogP contribution in [0, 0.1) is 5.82 Å². The third-order valence-electron chi connectivity index (χ3n) is 4.59. The standard InChI is InChI=1S/C21H25FN2O3/c22-19-11-17(7-8-20(19)25)12-21(26)23-13-18-15-24(9-4-10-27-18)14-16-5-2-1-3-6-16/h1-3,5-8,11,18,25H,4,9-10,12-15H2,(H,23,26). The predicted octanol–water partition coefficient (Wildman–Crippen LogP) is 2.48. The molecule has 6 heteroatoms. The van der Waals surface area contributed by atoms with Gasteiger partial charge in [0.05, 0.1) is 12.5 Å². The summed E-state index contributed by atoms with van der Waals surface area (Å²) in [5.41, 5.74) is 1.78. The zero-order valence-corrected chi connectivity index (χ0v) is 15.2. The molecule has 2 aromatic rings. The van der Waals surface area contributed by atoms with Crippen LogP contribution in [0.2, 0.25) is 0 Å². The molecular weight excluding hydrogens is 347 g/mol. The number of hydrogen-bond donors (Lipinski definition) is 2. The molecule has 1 amide bonds. The first-order valence-corrected chi connectivity index (χ1v) is 9.22. The second-order valence-electron chi connectivity index (χ2n) is 6.83. The van der Waals surface area contributed by atoms with Crippen molar-refractivity contribution >= 4 is 5.91 Å². The molecule has 0 aromatic heterocycles. The number of ether oxygens (including phenoxy) is 1. The topological polar surface area (TPSA) is 61.8 Å². The van der Waals surface area contributed by atoms with Crippen LogP contribution in [0.5, 0.6) is 5.75 Å². The number of amides is 1. The van der Waals surface area contributed by atoms with Gasteiger partial charge in [-0.1, -0.05) is 36.4 Å². The van der Waals surface area contributed by atoms with Crippen molar-refractivity contribution in [3.63, 3.8) is 0 Å². The van der Waals surface area contributed by atoms with E-state index in [9.17, 15) is 14.3 Å². The fourth-order valence-electron chi connectivity index (χ4n) is 3.21. The van der Waals surface area contributed by atoms with E-state index in [0.717, 1.165) is 26.1 Å². The van der Waals surface area contributed by atoms with Crippen LogP contribution in [-0.2, 0) is 22.5 Å². The highest BCUT2D eigenvalue weighted by molar-refractivity contribution is 5.78. The molecule has 0 bridgehead atoms. The van der Waals surface area contributed by atoms with Crippen LogP contribution in [-0.4, -0.2) is 48.3 Å². The van der Waals surface area contributed by atoms with E-state index in [2.05, 4.69) is 22.3 Å². The van der Waals surface area contributed by atoms with Gasteiger partial charge in [0.25, 0.3) is 0 Å². The zero-order chi connectivity index (χ0) is 19.1. The first-order chi connectivity index (χ1) is 13.1. The second-order valence-corrected chi connectivity index (χ2v) is 6.83. The normalized spacial score (nSPS) is 18.0. The molecule has 1 heterocycles. The first kappa shape index (κ1) is 19.3. The van der Waals surface area contributed by atoms with Gasteiger partial charge in [-0.3, -0.25) is 9.69 Å². The van der Waals surface area contributed by atoms with Crippen LogP contribution in [0.4, 0.5) is 4.39 Å². The van der Waals surface area contributed by atoms with Crippen LogP contribution >= 0.6 is 0 Å². The molecule has 144 valence electrons. The van der Waals surface area contributed by atoms with E-state index in [0.29, 0.717) is 18.7 Å². The van der Waals surface area contributed by atoms with E-state index in [1.54, 1.807) is 6.07 Å². The summed E-state index contributed by atoms with van der Waals surface area (Å²) < 4.78 is 19.2. The van der Waals surface area contributed by atoms with Crippen LogP contribution in [0.1, 0.15) is 17.5 Å². The highest BCUT2D eigenvalue weighted by Gasteiger charge is 2.19. The van der Waals surface area contributed by atoms with Crippen molar-refractivity contribution in [2.24, 2.45) is 0 Å². The van der Waals surface area contributed by atoms with Gasteiger partial charge < -0.3 is 15.2 Å². The van der Waals surface area contributed by atoms with Crippen molar-refractivity contribution in [1.29, 1.82) is 0 Å². The van der Waals surface area contributed by atoms with Crippen molar-refractivity contribution in [2.75, 3.05) is 26.2 Å². The molecule has 1 atom stereocenters. The summed E-state index contributed by atoms with van der Waals surface area (Å²) in [7, 11) is 0. The number of nitrogens with one attached hydrogen (secondary N) is 1. The van der Waals surface area contributed by atoms with E-state index in [-0.39, 0.29) is 18.4 Å². The lowest BCUT2D eigenvalue weighted by atomic mass is 10.1. The van der Waals surface area contributed by atoms with Gasteiger partial charge in [-0.05, 0) is 29.7 Å². The highest BCUT2D eigenvalue weighted by Crippen LogP contribution is 2.16. The SMILES string of the molecule is O=C(Cc1ccc(O)c(F)c1)NCC1CN(Cc2ccccc2)CCCO1. The fraction of sp³-hybridized carbons (Fsp3) is 0.381. The molecule has 0 saturated carbocycles. The van der Waals surface area contributed by atoms with Crippen molar-refractivity contribution in [2.45, 2.75) is 25.5 Å². The molecule has 1 unspecified atom stereocenters. The van der Waals surface area contributed by atoms with Crippen molar-refractivity contribution in [1.82, 2.24) is 10.2 Å². The Kier molecular flexibility index (Phi) is 6.79. The largest absolute Gasteiger partial charge is 0.505 e. The highest BCUT2D eigenvalue weighted by atomic mass is 19.1. The van der Waals surface area contributed by atoms with E-state index in [1.807, 2.05) is 18.2 Å². The van der Waals surface area contributed by atoms with Crippen molar-refractivity contribution in [3.05, 3.63) is 65.5 Å². The zero-order valence-electron chi connectivity index (χ0n) is 15.2. The number of rotatable bonds is 6. The minimum atomic E-state index is -0.719. The molecule has 1 saturated heterocycles. The van der Waals surface area contributed by atoms with Gasteiger partial charge in [0.2, 0.25) is 5.91 Å². The fourth-order valence-corrected chi connectivity index (χ4v) is 3.21. The van der Waals surface area contributed by atoms with E-state index >= 15 is 0 Å². The maximum atomic E-state index is 13.4. The summed E-state index contributed by atoms with van der Waals surface area (Å²) in [6.07, 6.45) is 0.957. The number of phenols is 1. The summed E-state index contributed by atoms with van der Waals surface area (Å²) in [5.74, 6) is -1.32. The second kappa shape index (κ2) is 9.48. The van der Waals surface area contributed by atoms with Crippen molar-refractivity contribution < 1.29 is 19.0 Å². The molecule has 2 N–H and O–H groups in total. The van der Waals surface area contributed by atoms with E-state index < -0.39 is 11.6 Å². The van der Waals surface area contributed by atoms with Gasteiger partial charge in [0.15, 0.2) is 11.6 Å². The van der Waals surface area contributed by atoms with Crippen LogP contribution < -0.4 is 5.32 Å². The minimum absolute atomic E-state index is 0.0671. The molecule has 1 fully saturated rings. The van der Waals surface area contributed by atoms with Crippen molar-refractivity contribution in [3.8, 4) is 5.75 Å². The number of halogens is 1. The lowest BCUT2D eigenvalue weighted by Gasteiger charge is -2.24. The van der Waals surface area contributed by atoms with Gasteiger partial charge >= 0.3 is 0 Å². The van der Waals surface area contributed by atoms with Gasteiger partial charge in [-0.15, -0.1) is 0 Å². The Hall–Kier alpha value is -2.44. The lowest BCUT2D eigenvalue weighted by molar-refractivity contribution is -0.121. The molecule has 2 aromatic carbocycles. The monoisotopic (exact) mass is 372 g/mol. The van der Waals surface area contributed by atoms with Gasteiger partial charge in [0, 0.05) is 32.8 Å². The molecule has 0 radical (unpaired) electrons. The number of phenolic OH excluding ortho intramolecular Hbond substituents is 1. The molecule has 0 aliphatic carbocycles. The summed E-state index contributed by atoms with van der Waals surface area (Å²) in [4.78, 5) is 14.5. The average molecular weight is 372 g/mol. The third kappa shape index (κ3) is 6.05. The Morgan fingerprint density at radius 2 is 2.04 bits per heavy atom. The molecule has 1 aliphatic rings. The summed E-state index contributed by atoms with van der Waals surface area (Å²) in [6.45, 7) is 3.68. The van der Waals surface area contributed by atoms with Crippen LogP contribution in [0.25, 0.3) is 0 Å². The average Bonchev–Trinajstić information content (AvgIpc) is 2.89. The minimum Gasteiger partial charge on any atom is -0.505 e. The molecule has 1 aliphatic heterocycles. The quantitative estimate of drug-likeness (QED) is 0.818. The number of hydrogen-bond acceptors (Lipinski definition) is 4. The maximum Gasteiger partial charge on any atom is 0.224 e. The van der Waals surface area contributed by atoms with Gasteiger partial charge in [0.1, 0.15) is 0 Å². The molecule has 3 rings (SSSR count). The van der Waals surface area contributed by atoms with Gasteiger partial charge in [-0.2, -0.15) is 0 Å². The Morgan fingerprint density at radius 1 is 1.22 bits per heavy atom. The number of carbonyl (C=O) groups is 1. The number of aromatic hydroxyl groups is 1. The Bertz CT molecular complexity index is 754.